The number of amidine groups is 1. The van der Waals surface area contributed by atoms with Crippen LogP contribution in [0.15, 0.2) is 53.5 Å². The van der Waals surface area contributed by atoms with Crippen molar-refractivity contribution in [3.05, 3.63) is 54.1 Å². The second-order valence-electron chi connectivity index (χ2n) is 8.80. The van der Waals surface area contributed by atoms with Gasteiger partial charge in [0.1, 0.15) is 11.0 Å². The van der Waals surface area contributed by atoms with Crippen LogP contribution in [0.1, 0.15) is 29.6 Å². The first-order valence-corrected chi connectivity index (χ1v) is 12.8. The standard InChI is InChI=1S/C26H29N5O5S/c1-30(16-23(33)28-19-6-5-7-20(14-19)36-2)25(35)17-8-10-18(11-9-17)27-22(32)15-21-24(34)29-26(37-21)31-12-3-4-13-31/h5-11,14,21H,3-4,12-13,15-16H2,1-2H3,(H,27,32)(H,28,33)/t21-/m0/s1. The van der Waals surface area contributed by atoms with Crippen LogP contribution in [0.3, 0.4) is 0 Å². The maximum Gasteiger partial charge on any atom is 0.262 e. The predicted molar refractivity (Wildman–Crippen MR) is 143 cm³/mol. The van der Waals surface area contributed by atoms with Crippen molar-refractivity contribution in [2.45, 2.75) is 24.5 Å². The van der Waals surface area contributed by atoms with E-state index in [-0.39, 0.29) is 36.6 Å². The van der Waals surface area contributed by atoms with Gasteiger partial charge in [-0.3, -0.25) is 19.2 Å². The van der Waals surface area contributed by atoms with Crippen LogP contribution in [0.5, 0.6) is 5.75 Å². The predicted octanol–water partition coefficient (Wildman–Crippen LogP) is 2.83. The number of aliphatic imine (C=N–C) groups is 1. The Hall–Kier alpha value is -3.86. The van der Waals surface area contributed by atoms with Gasteiger partial charge in [-0.15, -0.1) is 0 Å². The molecule has 194 valence electrons. The van der Waals surface area contributed by atoms with Crippen molar-refractivity contribution in [3.63, 3.8) is 0 Å². The minimum Gasteiger partial charge on any atom is -0.497 e. The summed E-state index contributed by atoms with van der Waals surface area (Å²) in [6.07, 6.45) is 2.20. The zero-order chi connectivity index (χ0) is 26.4. The summed E-state index contributed by atoms with van der Waals surface area (Å²) >= 11 is 1.35. The Labute approximate surface area is 219 Å². The number of nitrogens with one attached hydrogen (secondary N) is 2. The number of likely N-dealkylation sites (N-methyl/N-ethyl adjacent to an activating group) is 1. The van der Waals surface area contributed by atoms with Gasteiger partial charge in [0.25, 0.3) is 11.8 Å². The quantitative estimate of drug-likeness (QED) is 0.546. The van der Waals surface area contributed by atoms with Crippen LogP contribution in [-0.4, -0.2) is 77.6 Å². The molecule has 10 nitrogen and oxygen atoms in total. The molecule has 2 heterocycles. The summed E-state index contributed by atoms with van der Waals surface area (Å²) in [5, 5.41) is 5.70. The third kappa shape index (κ3) is 6.88. The number of ether oxygens (including phenoxy) is 1. The molecule has 0 radical (unpaired) electrons. The molecule has 2 aromatic carbocycles. The molecule has 0 saturated carbocycles. The molecule has 11 heteroatoms. The van der Waals surface area contributed by atoms with Crippen molar-refractivity contribution in [1.29, 1.82) is 0 Å². The molecule has 1 atom stereocenters. The van der Waals surface area contributed by atoms with Crippen LogP contribution < -0.4 is 15.4 Å². The van der Waals surface area contributed by atoms with E-state index in [1.807, 2.05) is 0 Å². The molecule has 1 saturated heterocycles. The molecule has 37 heavy (non-hydrogen) atoms. The summed E-state index contributed by atoms with van der Waals surface area (Å²) in [5.41, 5.74) is 1.46. The summed E-state index contributed by atoms with van der Waals surface area (Å²) in [5.74, 6) is -0.638. The Morgan fingerprint density at radius 3 is 2.46 bits per heavy atom. The fourth-order valence-electron chi connectivity index (χ4n) is 4.04. The van der Waals surface area contributed by atoms with Crippen LogP contribution in [0.25, 0.3) is 0 Å². The van der Waals surface area contributed by atoms with E-state index in [0.717, 1.165) is 25.9 Å². The van der Waals surface area contributed by atoms with Crippen LogP contribution in [0.4, 0.5) is 11.4 Å². The number of methoxy groups -OCH3 is 1. The number of carbonyl (C=O) groups excluding carboxylic acids is 4. The highest BCUT2D eigenvalue weighted by molar-refractivity contribution is 8.15. The maximum atomic E-state index is 12.8. The van der Waals surface area contributed by atoms with Gasteiger partial charge in [-0.1, -0.05) is 17.8 Å². The number of likely N-dealkylation sites (tertiary alicyclic amines) is 1. The Morgan fingerprint density at radius 1 is 1.05 bits per heavy atom. The monoisotopic (exact) mass is 523 g/mol. The molecular weight excluding hydrogens is 494 g/mol. The molecule has 0 bridgehead atoms. The molecule has 2 aromatic rings. The van der Waals surface area contributed by atoms with Gasteiger partial charge in [0.2, 0.25) is 11.8 Å². The smallest absolute Gasteiger partial charge is 0.262 e. The van der Waals surface area contributed by atoms with Crippen molar-refractivity contribution < 1.29 is 23.9 Å². The Bertz CT molecular complexity index is 1210. The number of thioether (sulfide) groups is 1. The van der Waals surface area contributed by atoms with Gasteiger partial charge >= 0.3 is 0 Å². The molecule has 2 N–H and O–H groups in total. The van der Waals surface area contributed by atoms with Crippen molar-refractivity contribution >= 4 is 51.9 Å². The molecule has 0 aliphatic carbocycles. The Balaban J connectivity index is 1.25. The lowest BCUT2D eigenvalue weighted by Gasteiger charge is -2.17. The third-order valence-corrected chi connectivity index (χ3v) is 7.19. The second-order valence-corrected chi connectivity index (χ2v) is 9.97. The minimum atomic E-state index is -0.520. The molecule has 2 aliphatic heterocycles. The van der Waals surface area contributed by atoms with E-state index in [2.05, 4.69) is 20.5 Å². The van der Waals surface area contributed by atoms with Gasteiger partial charge in [-0.2, -0.15) is 4.99 Å². The van der Waals surface area contributed by atoms with Gasteiger partial charge in [0.15, 0.2) is 5.17 Å². The Kier molecular flexibility index (Phi) is 8.44. The molecule has 0 spiro atoms. The molecule has 1 fully saturated rings. The lowest BCUT2D eigenvalue weighted by Crippen LogP contribution is -2.34. The normalized spacial score (nSPS) is 16.8. The topological polar surface area (TPSA) is 120 Å². The average Bonchev–Trinajstić information content (AvgIpc) is 3.54. The largest absolute Gasteiger partial charge is 0.497 e. The highest BCUT2D eigenvalue weighted by Crippen LogP contribution is 2.29. The van der Waals surface area contributed by atoms with Gasteiger partial charge < -0.3 is 25.2 Å². The highest BCUT2D eigenvalue weighted by atomic mass is 32.2. The number of anilines is 2. The zero-order valence-corrected chi connectivity index (χ0v) is 21.5. The molecule has 0 aromatic heterocycles. The van der Waals surface area contributed by atoms with Gasteiger partial charge in [0, 0.05) is 49.6 Å². The number of hydrogen-bond donors (Lipinski definition) is 2. The van der Waals surface area contributed by atoms with E-state index in [0.29, 0.717) is 27.9 Å². The van der Waals surface area contributed by atoms with Crippen molar-refractivity contribution in [3.8, 4) is 5.75 Å². The summed E-state index contributed by atoms with van der Waals surface area (Å²) in [6.45, 7) is 1.65. The van der Waals surface area contributed by atoms with E-state index < -0.39 is 5.25 Å². The fraction of sp³-hybridized carbons (Fsp3) is 0.346. The lowest BCUT2D eigenvalue weighted by molar-refractivity contribution is -0.121. The highest BCUT2D eigenvalue weighted by Gasteiger charge is 2.33. The summed E-state index contributed by atoms with van der Waals surface area (Å²) in [4.78, 5) is 57.4. The van der Waals surface area contributed by atoms with Crippen molar-refractivity contribution in [1.82, 2.24) is 9.80 Å². The average molecular weight is 524 g/mol. The van der Waals surface area contributed by atoms with Crippen LogP contribution in [0, 0.1) is 0 Å². The van der Waals surface area contributed by atoms with Gasteiger partial charge in [-0.05, 0) is 49.2 Å². The molecular formula is C26H29N5O5S. The molecule has 4 amide bonds. The SMILES string of the molecule is COc1cccc(NC(=O)CN(C)C(=O)c2ccc(NC(=O)C[C@@H]3SC(N4CCCC4)=NC3=O)cc2)c1. The number of amides is 4. The second kappa shape index (κ2) is 11.9. The van der Waals surface area contributed by atoms with Crippen molar-refractivity contribution in [2.24, 2.45) is 4.99 Å². The lowest BCUT2D eigenvalue weighted by atomic mass is 10.1. The van der Waals surface area contributed by atoms with Crippen LogP contribution in [0.2, 0.25) is 0 Å². The van der Waals surface area contributed by atoms with Crippen molar-refractivity contribution in [2.75, 3.05) is 44.4 Å². The number of carbonyl (C=O) groups is 4. The van der Waals surface area contributed by atoms with E-state index in [1.165, 1.54) is 23.7 Å². The van der Waals surface area contributed by atoms with Crippen LogP contribution >= 0.6 is 11.8 Å². The van der Waals surface area contributed by atoms with E-state index in [9.17, 15) is 19.2 Å². The molecule has 2 aliphatic rings. The number of nitrogens with zero attached hydrogens (tertiary/aromatic N) is 3. The third-order valence-electron chi connectivity index (χ3n) is 5.97. The first-order valence-electron chi connectivity index (χ1n) is 12.0. The number of hydrogen-bond acceptors (Lipinski definition) is 7. The van der Waals surface area contributed by atoms with Crippen LogP contribution in [-0.2, 0) is 14.4 Å². The fourth-order valence-corrected chi connectivity index (χ4v) is 5.16. The van der Waals surface area contributed by atoms with E-state index in [4.69, 9.17) is 4.74 Å². The van der Waals surface area contributed by atoms with Gasteiger partial charge in [-0.25, -0.2) is 0 Å². The first-order chi connectivity index (χ1) is 17.8. The number of benzene rings is 2. The van der Waals surface area contributed by atoms with Gasteiger partial charge in [0.05, 0.1) is 13.7 Å². The molecule has 4 rings (SSSR count). The van der Waals surface area contributed by atoms with E-state index >= 15 is 0 Å². The summed E-state index contributed by atoms with van der Waals surface area (Å²) in [7, 11) is 3.08. The first kappa shape index (κ1) is 26.2. The Morgan fingerprint density at radius 2 is 1.76 bits per heavy atom. The number of rotatable bonds is 8. The summed E-state index contributed by atoms with van der Waals surface area (Å²) < 4.78 is 5.14. The maximum absolute atomic E-state index is 12.8. The minimum absolute atomic E-state index is 0.0240. The summed E-state index contributed by atoms with van der Waals surface area (Å²) in [6, 6.07) is 13.3. The zero-order valence-electron chi connectivity index (χ0n) is 20.7. The molecule has 0 unspecified atom stereocenters. The van der Waals surface area contributed by atoms with E-state index in [1.54, 1.807) is 55.6 Å².